The van der Waals surface area contributed by atoms with Crippen LogP contribution in [0.25, 0.3) is 0 Å². The van der Waals surface area contributed by atoms with E-state index in [2.05, 4.69) is 4.72 Å². The molecule has 0 fully saturated rings. The first-order valence-electron chi connectivity index (χ1n) is 6.29. The Hall–Kier alpha value is -2.19. The Morgan fingerprint density at radius 3 is 2.59 bits per heavy atom. The molecule has 116 valence electrons. The van der Waals surface area contributed by atoms with Crippen molar-refractivity contribution < 1.29 is 26.7 Å². The van der Waals surface area contributed by atoms with Crippen molar-refractivity contribution in [3.05, 3.63) is 53.6 Å². The molecule has 5 nitrogen and oxygen atoms in total. The van der Waals surface area contributed by atoms with Crippen LogP contribution in [0, 0.1) is 11.6 Å². The second-order valence-corrected chi connectivity index (χ2v) is 6.34. The van der Waals surface area contributed by atoms with Crippen molar-refractivity contribution in [2.24, 2.45) is 0 Å². The van der Waals surface area contributed by atoms with E-state index in [1.54, 1.807) is 0 Å². The van der Waals surface area contributed by atoms with Crippen LogP contribution in [-0.2, 0) is 16.6 Å². The Bertz CT molecular complexity index is 824. The van der Waals surface area contributed by atoms with E-state index in [4.69, 9.17) is 9.47 Å². The fourth-order valence-corrected chi connectivity index (χ4v) is 2.99. The third-order valence-electron chi connectivity index (χ3n) is 3.12. The number of hydrogen-bond acceptors (Lipinski definition) is 4. The molecule has 0 aliphatic carbocycles. The molecule has 8 heteroatoms. The summed E-state index contributed by atoms with van der Waals surface area (Å²) in [7, 11) is -3.85. The molecule has 2 aromatic rings. The van der Waals surface area contributed by atoms with Crippen molar-refractivity contribution in [3.63, 3.8) is 0 Å². The van der Waals surface area contributed by atoms with Crippen LogP contribution in [0.5, 0.6) is 11.5 Å². The van der Waals surface area contributed by atoms with Gasteiger partial charge in [0.15, 0.2) is 11.5 Å². The lowest BCUT2D eigenvalue weighted by Crippen LogP contribution is -2.23. The maximum Gasteiger partial charge on any atom is 0.241 e. The van der Waals surface area contributed by atoms with Gasteiger partial charge in [0, 0.05) is 24.2 Å². The van der Waals surface area contributed by atoms with Gasteiger partial charge in [-0.3, -0.25) is 0 Å². The lowest BCUT2D eigenvalue weighted by Gasteiger charge is -2.08. The first kappa shape index (κ1) is 14.7. The number of sulfonamides is 1. The molecule has 1 aliphatic rings. The Morgan fingerprint density at radius 1 is 1.05 bits per heavy atom. The van der Waals surface area contributed by atoms with Gasteiger partial charge in [-0.05, 0) is 18.2 Å². The molecule has 1 aliphatic heterocycles. The molecule has 0 spiro atoms. The first-order valence-corrected chi connectivity index (χ1v) is 7.77. The van der Waals surface area contributed by atoms with Crippen molar-refractivity contribution in [2.75, 3.05) is 6.79 Å². The highest BCUT2D eigenvalue weighted by atomic mass is 32.2. The topological polar surface area (TPSA) is 64.6 Å². The minimum atomic E-state index is -3.85. The summed E-state index contributed by atoms with van der Waals surface area (Å²) in [6, 6.07) is 7.11. The van der Waals surface area contributed by atoms with Gasteiger partial charge in [-0.1, -0.05) is 6.07 Å². The molecule has 22 heavy (non-hydrogen) atoms. The van der Waals surface area contributed by atoms with E-state index in [0.717, 1.165) is 6.07 Å². The Labute approximate surface area is 125 Å². The quantitative estimate of drug-likeness (QED) is 0.935. The van der Waals surface area contributed by atoms with Gasteiger partial charge in [-0.2, -0.15) is 0 Å². The Morgan fingerprint density at radius 2 is 1.82 bits per heavy atom. The normalized spacial score (nSPS) is 13.4. The highest BCUT2D eigenvalue weighted by Crippen LogP contribution is 2.33. The SMILES string of the molecule is O=S(=O)(NCc1ccc(F)cc1F)c1ccc2c(c1)OCO2. The van der Waals surface area contributed by atoms with E-state index in [0.29, 0.717) is 17.6 Å². The van der Waals surface area contributed by atoms with Gasteiger partial charge in [0.1, 0.15) is 11.6 Å². The lowest BCUT2D eigenvalue weighted by molar-refractivity contribution is 0.174. The summed E-state index contributed by atoms with van der Waals surface area (Å²) in [6.45, 7) is -0.254. The van der Waals surface area contributed by atoms with Crippen molar-refractivity contribution in [3.8, 4) is 11.5 Å². The average molecular weight is 327 g/mol. The van der Waals surface area contributed by atoms with Gasteiger partial charge in [0.2, 0.25) is 16.8 Å². The summed E-state index contributed by atoms with van der Waals surface area (Å²) in [4.78, 5) is -0.0285. The van der Waals surface area contributed by atoms with Gasteiger partial charge >= 0.3 is 0 Å². The summed E-state index contributed by atoms with van der Waals surface area (Å²) in [5.41, 5.74) is 0.0470. The number of ether oxygens (including phenoxy) is 2. The van der Waals surface area contributed by atoms with E-state index >= 15 is 0 Å². The summed E-state index contributed by atoms with van der Waals surface area (Å²) in [5, 5.41) is 0. The van der Waals surface area contributed by atoms with Crippen molar-refractivity contribution >= 4 is 10.0 Å². The highest BCUT2D eigenvalue weighted by molar-refractivity contribution is 7.89. The smallest absolute Gasteiger partial charge is 0.241 e. The van der Waals surface area contributed by atoms with E-state index in [9.17, 15) is 17.2 Å². The summed E-state index contributed by atoms with van der Waals surface area (Å²) >= 11 is 0. The molecule has 0 atom stereocenters. The number of halogens is 2. The second-order valence-electron chi connectivity index (χ2n) is 4.58. The molecule has 0 unspecified atom stereocenters. The minimum absolute atomic E-state index is 0.0285. The molecule has 0 saturated carbocycles. The number of hydrogen-bond donors (Lipinski definition) is 1. The highest BCUT2D eigenvalue weighted by Gasteiger charge is 2.20. The van der Waals surface area contributed by atoms with E-state index in [1.165, 1.54) is 24.3 Å². The molecular weight excluding hydrogens is 316 g/mol. The van der Waals surface area contributed by atoms with Gasteiger partial charge in [0.25, 0.3) is 0 Å². The van der Waals surface area contributed by atoms with Crippen LogP contribution in [-0.4, -0.2) is 15.2 Å². The summed E-state index contributed by atoms with van der Waals surface area (Å²) < 4.78 is 63.1. The summed E-state index contributed by atoms with van der Waals surface area (Å²) in [5.74, 6) is -0.743. The third-order valence-corrected chi connectivity index (χ3v) is 4.52. The molecule has 1 heterocycles. The maximum absolute atomic E-state index is 13.5. The van der Waals surface area contributed by atoms with Crippen LogP contribution < -0.4 is 14.2 Å². The fourth-order valence-electron chi connectivity index (χ4n) is 1.97. The number of nitrogens with one attached hydrogen (secondary N) is 1. The molecule has 0 amide bonds. The summed E-state index contributed by atoms with van der Waals surface area (Å²) in [6.07, 6.45) is 0. The van der Waals surface area contributed by atoms with Gasteiger partial charge in [0.05, 0.1) is 4.90 Å². The van der Waals surface area contributed by atoms with Crippen LogP contribution >= 0.6 is 0 Å². The second kappa shape index (κ2) is 5.54. The van der Waals surface area contributed by atoms with Crippen LogP contribution in [0.3, 0.4) is 0 Å². The molecule has 3 rings (SSSR count). The molecular formula is C14H11F2NO4S. The zero-order chi connectivity index (χ0) is 15.7. The minimum Gasteiger partial charge on any atom is -0.454 e. The standard InChI is InChI=1S/C14H11F2NO4S/c15-10-2-1-9(12(16)5-10)7-17-22(18,19)11-3-4-13-14(6-11)21-8-20-13/h1-6,17H,7-8H2. The predicted octanol–water partition coefficient (Wildman–Crippen LogP) is 2.17. The number of benzene rings is 2. The van der Waals surface area contributed by atoms with Crippen LogP contribution in [0.15, 0.2) is 41.3 Å². The zero-order valence-corrected chi connectivity index (χ0v) is 12.0. The third kappa shape index (κ3) is 2.88. The fraction of sp³-hybridized carbons (Fsp3) is 0.143. The predicted molar refractivity (Wildman–Crippen MR) is 72.9 cm³/mol. The molecule has 1 N–H and O–H groups in total. The van der Waals surface area contributed by atoms with E-state index < -0.39 is 21.7 Å². The van der Waals surface area contributed by atoms with E-state index in [-0.39, 0.29) is 23.8 Å². The largest absolute Gasteiger partial charge is 0.454 e. The molecule has 0 aromatic heterocycles. The number of rotatable bonds is 4. The average Bonchev–Trinajstić information content (AvgIpc) is 2.93. The number of fused-ring (bicyclic) bond motifs is 1. The van der Waals surface area contributed by atoms with Crippen LogP contribution in [0.2, 0.25) is 0 Å². The van der Waals surface area contributed by atoms with Crippen molar-refractivity contribution in [1.29, 1.82) is 0 Å². The monoisotopic (exact) mass is 327 g/mol. The van der Waals surface area contributed by atoms with Gasteiger partial charge < -0.3 is 9.47 Å². The first-order chi connectivity index (χ1) is 10.5. The van der Waals surface area contributed by atoms with Crippen LogP contribution in [0.1, 0.15) is 5.56 Å². The molecule has 0 saturated heterocycles. The Balaban J connectivity index is 1.79. The van der Waals surface area contributed by atoms with Crippen LogP contribution in [0.4, 0.5) is 8.78 Å². The van der Waals surface area contributed by atoms with Gasteiger partial charge in [-0.25, -0.2) is 21.9 Å². The van der Waals surface area contributed by atoms with Crippen molar-refractivity contribution in [1.82, 2.24) is 4.72 Å². The van der Waals surface area contributed by atoms with Crippen molar-refractivity contribution in [2.45, 2.75) is 11.4 Å². The van der Waals surface area contributed by atoms with Gasteiger partial charge in [-0.15, -0.1) is 0 Å². The molecule has 0 bridgehead atoms. The zero-order valence-electron chi connectivity index (χ0n) is 11.2. The lowest BCUT2D eigenvalue weighted by atomic mass is 10.2. The Kier molecular flexibility index (Phi) is 3.71. The van der Waals surface area contributed by atoms with E-state index in [1.807, 2.05) is 0 Å². The molecule has 2 aromatic carbocycles. The maximum atomic E-state index is 13.5. The molecule has 0 radical (unpaired) electrons.